The van der Waals surface area contributed by atoms with Gasteiger partial charge in [-0.15, -0.1) is 11.3 Å². The van der Waals surface area contributed by atoms with Crippen molar-refractivity contribution in [2.45, 2.75) is 0 Å². The van der Waals surface area contributed by atoms with Crippen molar-refractivity contribution in [3.63, 3.8) is 0 Å². The molecule has 66 valence electrons. The van der Waals surface area contributed by atoms with Crippen molar-refractivity contribution in [1.29, 1.82) is 0 Å². The molecule has 0 aromatic carbocycles. The van der Waals surface area contributed by atoms with Crippen molar-refractivity contribution in [3.05, 3.63) is 16.3 Å². The summed E-state index contributed by atoms with van der Waals surface area (Å²) in [5.74, 6) is -1.53. The van der Waals surface area contributed by atoms with E-state index in [-0.39, 0.29) is 51.4 Å². The van der Waals surface area contributed by atoms with Crippen molar-refractivity contribution < 1.29 is 74.2 Å². The van der Waals surface area contributed by atoms with Crippen molar-refractivity contribution in [2.24, 2.45) is 0 Å². The molecule has 0 unspecified atom stereocenters. The molecule has 1 heterocycles. The summed E-state index contributed by atoms with van der Waals surface area (Å²) in [4.78, 5) is 9.61. The number of carboxylic acids is 1. The van der Waals surface area contributed by atoms with Crippen LogP contribution in [0.15, 0.2) is 11.4 Å². The van der Waals surface area contributed by atoms with Crippen LogP contribution >= 0.6 is 11.3 Å². The first-order chi connectivity index (χ1) is 5.43. The van der Waals surface area contributed by atoms with Crippen LogP contribution in [-0.2, 0) is 0 Å². The van der Waals surface area contributed by atoms with Gasteiger partial charge in [0.15, 0.2) is 0 Å². The van der Waals surface area contributed by atoms with E-state index in [1.165, 1.54) is 0 Å². The predicted molar refractivity (Wildman–Crippen MR) is 40.0 cm³/mol. The number of rotatable bonds is 2. The fraction of sp³-hybridized carbons (Fsp3) is 0. The van der Waals surface area contributed by atoms with Crippen LogP contribution in [0.5, 0.6) is 0 Å². The van der Waals surface area contributed by atoms with E-state index in [0.29, 0.717) is 11.3 Å². The second-order valence-electron chi connectivity index (χ2n) is 2.08. The van der Waals surface area contributed by atoms with Crippen molar-refractivity contribution >= 4 is 29.7 Å². The Bertz CT molecular complexity index is 311. The number of carbonyl (C=O) groups is 1. The summed E-state index contributed by atoms with van der Waals surface area (Å²) in [5, 5.41) is 9.46. The van der Waals surface area contributed by atoms with Gasteiger partial charge in [0.05, 0.1) is 4.88 Å². The maximum Gasteiger partial charge on any atom is 1.00 e. The topological polar surface area (TPSA) is 37.3 Å². The number of thiophene rings is 1. The molecule has 0 aliphatic heterocycles. The van der Waals surface area contributed by atoms with Crippen LogP contribution in [0.4, 0.5) is 12.9 Å². The Balaban J connectivity index is 0.00000144. The zero-order valence-electron chi connectivity index (χ0n) is 6.63. The zero-order chi connectivity index (χ0) is 9.35. The maximum absolute atomic E-state index is 12.0. The van der Waals surface area contributed by atoms with Gasteiger partial charge >= 0.3 is 64.3 Å². The normalized spacial score (nSPS) is 10.7. The summed E-state index contributed by atoms with van der Waals surface area (Å²) in [6.45, 7) is -5.20. The molecular formula is C5H3BF3KO2S. The van der Waals surface area contributed by atoms with Crippen LogP contribution < -0.4 is 56.8 Å². The number of hydrogen-bond donors (Lipinski definition) is 1. The molecular weight excluding hydrogens is 231 g/mol. The van der Waals surface area contributed by atoms with E-state index in [9.17, 15) is 17.7 Å². The molecule has 0 aliphatic carbocycles. The van der Waals surface area contributed by atoms with E-state index in [4.69, 9.17) is 5.11 Å². The summed E-state index contributed by atoms with van der Waals surface area (Å²) in [6, 6.07) is 0.786. The first kappa shape index (κ1) is 13.7. The Morgan fingerprint density at radius 1 is 1.46 bits per heavy atom. The smallest absolute Gasteiger partial charge is 0.477 e. The van der Waals surface area contributed by atoms with E-state index in [1.54, 1.807) is 0 Å². The Morgan fingerprint density at radius 3 is 2.31 bits per heavy atom. The second kappa shape index (κ2) is 4.94. The van der Waals surface area contributed by atoms with Gasteiger partial charge in [0.25, 0.3) is 0 Å². The van der Waals surface area contributed by atoms with E-state index in [0.717, 1.165) is 11.4 Å². The number of hydrogen-bond acceptors (Lipinski definition) is 2. The van der Waals surface area contributed by atoms with Crippen LogP contribution in [0.1, 0.15) is 9.67 Å². The Morgan fingerprint density at radius 2 is 2.00 bits per heavy atom. The average molecular weight is 234 g/mol. The predicted octanol–water partition coefficient (Wildman–Crippen LogP) is -1.50. The molecule has 0 bridgehead atoms. The van der Waals surface area contributed by atoms with Gasteiger partial charge in [-0.2, -0.15) is 0 Å². The fourth-order valence-corrected chi connectivity index (χ4v) is 1.54. The minimum atomic E-state index is -5.20. The molecule has 1 aromatic rings. The van der Waals surface area contributed by atoms with Crippen molar-refractivity contribution in [1.82, 2.24) is 0 Å². The number of aromatic carboxylic acids is 1. The number of halogens is 3. The fourth-order valence-electron chi connectivity index (χ4n) is 0.751. The van der Waals surface area contributed by atoms with Crippen LogP contribution in [-0.4, -0.2) is 18.1 Å². The van der Waals surface area contributed by atoms with Gasteiger partial charge in [0, 0.05) is 0 Å². The number of carboxylic acid groups (broad SMARTS) is 1. The monoisotopic (exact) mass is 234 g/mol. The second-order valence-corrected chi connectivity index (χ2v) is 3.00. The molecule has 0 amide bonds. The molecule has 1 N–H and O–H groups in total. The first-order valence-corrected chi connectivity index (χ1v) is 3.81. The average Bonchev–Trinajstić information content (AvgIpc) is 2.30. The Labute approximate surface area is 119 Å². The summed E-state index contributed by atoms with van der Waals surface area (Å²) in [6.07, 6.45) is 0. The minimum absolute atomic E-state index is 0. The standard InChI is InChI=1S/C5H3BF3O2S.K/c7-6(8,9)3-1-2-12-4(3)5(10)11;/h1-2H,(H,10,11);/q-1;+1. The van der Waals surface area contributed by atoms with Gasteiger partial charge < -0.3 is 18.1 Å². The molecule has 0 atom stereocenters. The molecule has 0 radical (unpaired) electrons. The summed E-state index contributed by atoms with van der Waals surface area (Å²) in [5.41, 5.74) is -1.02. The molecule has 8 heteroatoms. The van der Waals surface area contributed by atoms with Crippen molar-refractivity contribution in [2.75, 3.05) is 0 Å². The van der Waals surface area contributed by atoms with Gasteiger partial charge in [-0.25, -0.2) is 4.79 Å². The van der Waals surface area contributed by atoms with E-state index in [2.05, 4.69) is 0 Å². The first-order valence-electron chi connectivity index (χ1n) is 2.93. The molecule has 0 saturated carbocycles. The third kappa shape index (κ3) is 3.37. The summed E-state index contributed by atoms with van der Waals surface area (Å²) >= 11 is 0.581. The summed E-state index contributed by atoms with van der Waals surface area (Å²) in [7, 11) is 0. The molecule has 0 fully saturated rings. The van der Waals surface area contributed by atoms with E-state index in [1.807, 2.05) is 0 Å². The summed E-state index contributed by atoms with van der Waals surface area (Å²) < 4.78 is 36.1. The van der Waals surface area contributed by atoms with Gasteiger partial charge in [0.2, 0.25) is 0 Å². The van der Waals surface area contributed by atoms with Gasteiger partial charge in [-0.1, -0.05) is 11.5 Å². The Hall–Kier alpha value is 0.661. The molecule has 1 rings (SSSR count). The molecule has 0 spiro atoms. The van der Waals surface area contributed by atoms with E-state index >= 15 is 0 Å². The molecule has 13 heavy (non-hydrogen) atoms. The van der Waals surface area contributed by atoms with Gasteiger partial charge in [-0.05, 0) is 5.38 Å². The largest absolute Gasteiger partial charge is 1.00 e. The molecule has 0 saturated heterocycles. The van der Waals surface area contributed by atoms with Crippen LogP contribution in [0, 0.1) is 0 Å². The molecule has 1 aromatic heterocycles. The van der Waals surface area contributed by atoms with E-state index < -0.39 is 23.3 Å². The molecule has 0 aliphatic rings. The third-order valence-corrected chi connectivity index (χ3v) is 2.16. The minimum Gasteiger partial charge on any atom is -0.477 e. The third-order valence-electron chi connectivity index (χ3n) is 1.24. The zero-order valence-corrected chi connectivity index (χ0v) is 10.6. The quantitative estimate of drug-likeness (QED) is 0.633. The van der Waals surface area contributed by atoms with Crippen LogP contribution in [0.3, 0.4) is 0 Å². The molecule has 2 nitrogen and oxygen atoms in total. The maximum atomic E-state index is 12.0. The van der Waals surface area contributed by atoms with Crippen LogP contribution in [0.2, 0.25) is 0 Å². The Kier molecular flexibility index (Phi) is 5.20. The van der Waals surface area contributed by atoms with Gasteiger partial charge in [0.1, 0.15) is 0 Å². The van der Waals surface area contributed by atoms with Crippen molar-refractivity contribution in [3.8, 4) is 0 Å². The van der Waals surface area contributed by atoms with Crippen LogP contribution in [0.25, 0.3) is 0 Å². The van der Waals surface area contributed by atoms with Gasteiger partial charge in [-0.3, -0.25) is 0 Å². The SMILES string of the molecule is O=C(O)c1sccc1[B-](F)(F)F.[K+].